The van der Waals surface area contributed by atoms with Crippen LogP contribution in [0.3, 0.4) is 0 Å². The number of methoxy groups -OCH3 is 1. The van der Waals surface area contributed by atoms with Gasteiger partial charge in [0, 0.05) is 55.2 Å². The number of hydrogen-bond acceptors (Lipinski definition) is 7. The highest BCUT2D eigenvalue weighted by Gasteiger charge is 2.36. The molecule has 32 heavy (non-hydrogen) atoms. The predicted molar refractivity (Wildman–Crippen MR) is 118 cm³/mol. The number of rotatable bonds is 4. The summed E-state index contributed by atoms with van der Waals surface area (Å²) in [7, 11) is 1.61. The molecule has 9 heteroatoms. The molecule has 164 valence electrons. The van der Waals surface area contributed by atoms with E-state index in [1.165, 1.54) is 0 Å². The zero-order valence-corrected chi connectivity index (χ0v) is 18.6. The first kappa shape index (κ1) is 20.3. The van der Waals surface area contributed by atoms with Crippen LogP contribution in [0.1, 0.15) is 35.8 Å². The van der Waals surface area contributed by atoms with Crippen molar-refractivity contribution in [1.29, 1.82) is 10.5 Å². The number of nitrogens with zero attached hydrogens (tertiary/aromatic N) is 8. The Hall–Kier alpha value is -3.56. The third kappa shape index (κ3) is 3.17. The molecule has 0 aliphatic carbocycles. The second-order valence-corrected chi connectivity index (χ2v) is 8.68. The molecule has 0 amide bonds. The van der Waals surface area contributed by atoms with Gasteiger partial charge in [-0.2, -0.15) is 20.7 Å². The van der Waals surface area contributed by atoms with Crippen molar-refractivity contribution < 1.29 is 4.74 Å². The predicted octanol–water partition coefficient (Wildman–Crippen LogP) is 2.50. The van der Waals surface area contributed by atoms with E-state index in [0.29, 0.717) is 28.9 Å². The van der Waals surface area contributed by atoms with Gasteiger partial charge in [-0.05, 0) is 32.8 Å². The van der Waals surface area contributed by atoms with Gasteiger partial charge in [-0.15, -0.1) is 0 Å². The lowest BCUT2D eigenvalue weighted by atomic mass is 9.97. The number of aromatic nitrogens is 4. The van der Waals surface area contributed by atoms with E-state index in [-0.39, 0.29) is 0 Å². The average molecular weight is 431 g/mol. The van der Waals surface area contributed by atoms with E-state index in [2.05, 4.69) is 33.9 Å². The molecule has 3 aromatic heterocycles. The van der Waals surface area contributed by atoms with Gasteiger partial charge in [0.05, 0.1) is 25.0 Å². The number of aryl methyl sites for hydroxylation is 1. The van der Waals surface area contributed by atoms with E-state index in [0.717, 1.165) is 61.5 Å². The van der Waals surface area contributed by atoms with Crippen LogP contribution < -0.4 is 4.74 Å². The average Bonchev–Trinajstić information content (AvgIpc) is 3.32. The Morgan fingerprint density at radius 2 is 1.88 bits per heavy atom. The van der Waals surface area contributed by atoms with Gasteiger partial charge in [0.1, 0.15) is 22.9 Å². The summed E-state index contributed by atoms with van der Waals surface area (Å²) in [6.07, 6.45) is 7.87. The minimum atomic E-state index is 0.358. The van der Waals surface area contributed by atoms with Gasteiger partial charge in [0.15, 0.2) is 6.19 Å². The Morgan fingerprint density at radius 3 is 2.53 bits per heavy atom. The van der Waals surface area contributed by atoms with Gasteiger partial charge >= 0.3 is 0 Å². The lowest BCUT2D eigenvalue weighted by Crippen LogP contribution is -2.55. The molecule has 3 aromatic rings. The first-order valence-electron chi connectivity index (χ1n) is 10.9. The Kier molecular flexibility index (Phi) is 4.99. The second-order valence-electron chi connectivity index (χ2n) is 8.68. The van der Waals surface area contributed by atoms with Crippen molar-refractivity contribution in [1.82, 2.24) is 29.2 Å². The first-order chi connectivity index (χ1) is 15.5. The number of fused-ring (bicyclic) bond motifs is 1. The summed E-state index contributed by atoms with van der Waals surface area (Å²) in [5, 5.41) is 27.7. The normalized spacial score (nSPS) is 17.8. The van der Waals surface area contributed by atoms with E-state index in [1.807, 2.05) is 24.1 Å². The minimum absolute atomic E-state index is 0.358. The third-order valence-corrected chi connectivity index (χ3v) is 6.89. The first-order valence-corrected chi connectivity index (χ1v) is 10.9. The standard InChI is InChI=1S/C23H26N8O/c1-15-22(17-8-21(32-3)23-18(9-24)10-26-30(23)11-17)16(2)31(27-15)20-12-29(13-20)19-4-6-28(14-25)7-5-19/h8,10-11,19-20H,4-7,12-13H2,1-3H3. The van der Waals surface area contributed by atoms with E-state index < -0.39 is 0 Å². The van der Waals surface area contributed by atoms with Crippen molar-refractivity contribution in [3.05, 3.63) is 35.4 Å². The molecule has 0 unspecified atom stereocenters. The Bertz CT molecular complexity index is 1250. The molecule has 0 radical (unpaired) electrons. The molecule has 5 heterocycles. The number of ether oxygens (including phenoxy) is 1. The molecule has 0 N–H and O–H groups in total. The summed E-state index contributed by atoms with van der Waals surface area (Å²) < 4.78 is 9.45. The third-order valence-electron chi connectivity index (χ3n) is 6.89. The Labute approximate surface area is 187 Å². The smallest absolute Gasteiger partial charge is 0.179 e. The minimum Gasteiger partial charge on any atom is -0.494 e. The van der Waals surface area contributed by atoms with Crippen molar-refractivity contribution >= 4 is 5.52 Å². The fourth-order valence-electron chi connectivity index (χ4n) is 5.17. The van der Waals surface area contributed by atoms with Crippen LogP contribution in [0.25, 0.3) is 16.6 Å². The highest BCUT2D eigenvalue weighted by atomic mass is 16.5. The van der Waals surface area contributed by atoms with Crippen LogP contribution in [0.5, 0.6) is 5.75 Å². The molecule has 0 aromatic carbocycles. The summed E-state index contributed by atoms with van der Waals surface area (Å²) in [5.74, 6) is 0.627. The SMILES string of the molecule is COc1cc(-c2c(C)nn(C3CN(C4CCN(C#N)CC4)C3)c2C)cn2ncc(C#N)c12. The molecular weight excluding hydrogens is 404 g/mol. The van der Waals surface area contributed by atoms with Gasteiger partial charge in [0.25, 0.3) is 0 Å². The number of piperidine rings is 1. The van der Waals surface area contributed by atoms with E-state index in [1.54, 1.807) is 17.8 Å². The maximum absolute atomic E-state index is 9.37. The van der Waals surface area contributed by atoms with Crippen molar-refractivity contribution in [3.8, 4) is 29.1 Å². The molecule has 0 spiro atoms. The van der Waals surface area contributed by atoms with Crippen LogP contribution in [-0.2, 0) is 0 Å². The van der Waals surface area contributed by atoms with Crippen LogP contribution >= 0.6 is 0 Å². The Morgan fingerprint density at radius 1 is 1.12 bits per heavy atom. The van der Waals surface area contributed by atoms with Gasteiger partial charge in [-0.3, -0.25) is 9.58 Å². The summed E-state index contributed by atoms with van der Waals surface area (Å²) in [6.45, 7) is 7.85. The second kappa shape index (κ2) is 7.85. The number of likely N-dealkylation sites (tertiary alicyclic amines) is 2. The Balaban J connectivity index is 1.39. The van der Waals surface area contributed by atoms with Crippen molar-refractivity contribution in [2.45, 2.75) is 38.8 Å². The number of pyridine rings is 1. The topological polar surface area (TPSA) is 98.4 Å². The molecule has 0 bridgehead atoms. The molecule has 2 fully saturated rings. The summed E-state index contributed by atoms with van der Waals surface area (Å²) in [5.41, 5.74) is 5.33. The van der Waals surface area contributed by atoms with Crippen LogP contribution in [0.4, 0.5) is 0 Å². The monoisotopic (exact) mass is 430 g/mol. The molecule has 2 saturated heterocycles. The fraction of sp³-hybridized carbons (Fsp3) is 0.478. The summed E-state index contributed by atoms with van der Waals surface area (Å²) in [4.78, 5) is 4.38. The molecule has 9 nitrogen and oxygen atoms in total. The lowest BCUT2D eigenvalue weighted by molar-refractivity contribution is 0.0271. The maximum atomic E-state index is 9.37. The van der Waals surface area contributed by atoms with Gasteiger partial charge in [0.2, 0.25) is 0 Å². The van der Waals surface area contributed by atoms with Crippen molar-refractivity contribution in [2.24, 2.45) is 0 Å². The number of nitriles is 2. The van der Waals surface area contributed by atoms with Crippen molar-refractivity contribution in [3.63, 3.8) is 0 Å². The zero-order chi connectivity index (χ0) is 22.4. The van der Waals surface area contributed by atoms with Crippen LogP contribution in [0.2, 0.25) is 0 Å². The molecule has 5 rings (SSSR count). The highest BCUT2D eigenvalue weighted by molar-refractivity contribution is 5.77. The van der Waals surface area contributed by atoms with Crippen LogP contribution in [0.15, 0.2) is 18.5 Å². The zero-order valence-electron chi connectivity index (χ0n) is 18.6. The van der Waals surface area contributed by atoms with Crippen molar-refractivity contribution in [2.75, 3.05) is 33.3 Å². The van der Waals surface area contributed by atoms with Gasteiger partial charge in [-0.1, -0.05) is 0 Å². The van der Waals surface area contributed by atoms with Crippen LogP contribution in [-0.4, -0.2) is 68.5 Å². The highest BCUT2D eigenvalue weighted by Crippen LogP contribution is 2.36. The largest absolute Gasteiger partial charge is 0.494 e. The molecule has 0 saturated carbocycles. The van der Waals surface area contributed by atoms with E-state index in [9.17, 15) is 5.26 Å². The number of hydrogen-bond donors (Lipinski definition) is 0. The van der Waals surface area contributed by atoms with E-state index >= 15 is 0 Å². The maximum Gasteiger partial charge on any atom is 0.179 e. The molecule has 0 atom stereocenters. The molecule has 2 aliphatic rings. The lowest BCUT2D eigenvalue weighted by Gasteiger charge is -2.46. The fourth-order valence-corrected chi connectivity index (χ4v) is 5.17. The van der Waals surface area contributed by atoms with E-state index in [4.69, 9.17) is 15.1 Å². The van der Waals surface area contributed by atoms with Gasteiger partial charge in [-0.25, -0.2) is 4.52 Å². The summed E-state index contributed by atoms with van der Waals surface area (Å²) in [6, 6.07) is 5.06. The molecule has 2 aliphatic heterocycles. The van der Waals surface area contributed by atoms with Crippen LogP contribution in [0, 0.1) is 36.6 Å². The molecular formula is C23H26N8O. The summed E-state index contributed by atoms with van der Waals surface area (Å²) >= 11 is 0. The quantitative estimate of drug-likeness (QED) is 0.587. The van der Waals surface area contributed by atoms with Gasteiger partial charge < -0.3 is 9.64 Å².